The van der Waals surface area contributed by atoms with Gasteiger partial charge in [-0.25, -0.2) is 8.42 Å². The van der Waals surface area contributed by atoms with Gasteiger partial charge < -0.3 is 10.2 Å². The summed E-state index contributed by atoms with van der Waals surface area (Å²) in [5.41, 5.74) is -0.0666. The predicted molar refractivity (Wildman–Crippen MR) is 83.0 cm³/mol. The third-order valence-electron chi connectivity index (χ3n) is 4.10. The number of nitro benzene ring substituents is 1. The van der Waals surface area contributed by atoms with Gasteiger partial charge in [0.1, 0.15) is 5.69 Å². The molecule has 124 valence electrons. The van der Waals surface area contributed by atoms with Gasteiger partial charge in [-0.3, -0.25) is 14.9 Å². The van der Waals surface area contributed by atoms with E-state index in [1.54, 1.807) is 0 Å². The molecule has 2 fully saturated rings. The Morgan fingerprint density at radius 1 is 1.35 bits per heavy atom. The van der Waals surface area contributed by atoms with Gasteiger partial charge in [-0.15, -0.1) is 0 Å². The Balaban J connectivity index is 1.82. The van der Waals surface area contributed by atoms with Crippen LogP contribution in [0.3, 0.4) is 0 Å². The third-order valence-corrected chi connectivity index (χ3v) is 5.21. The highest BCUT2D eigenvalue weighted by Crippen LogP contribution is 2.33. The van der Waals surface area contributed by atoms with Crippen molar-refractivity contribution in [3.05, 3.63) is 28.3 Å². The predicted octanol–water partition coefficient (Wildman–Crippen LogP) is 1.17. The molecule has 3 rings (SSSR count). The Morgan fingerprint density at radius 2 is 2.04 bits per heavy atom. The Hall–Kier alpha value is -2.16. The van der Waals surface area contributed by atoms with E-state index in [0.29, 0.717) is 19.0 Å². The lowest BCUT2D eigenvalue weighted by Crippen LogP contribution is -2.29. The van der Waals surface area contributed by atoms with E-state index >= 15 is 0 Å². The highest BCUT2D eigenvalue weighted by atomic mass is 32.2. The van der Waals surface area contributed by atoms with E-state index < -0.39 is 14.8 Å². The van der Waals surface area contributed by atoms with Gasteiger partial charge in [0.25, 0.3) is 5.69 Å². The summed E-state index contributed by atoms with van der Waals surface area (Å²) in [6.45, 7) is 0.522. The number of nitro groups is 1. The number of sulfone groups is 1. The molecule has 1 heterocycles. The Morgan fingerprint density at radius 3 is 2.61 bits per heavy atom. The van der Waals surface area contributed by atoms with Gasteiger partial charge in [0.15, 0.2) is 9.84 Å². The minimum absolute atomic E-state index is 0.0559. The Kier molecular flexibility index (Phi) is 3.75. The molecule has 1 aliphatic heterocycles. The second-order valence-corrected chi connectivity index (χ2v) is 8.05. The van der Waals surface area contributed by atoms with E-state index in [-0.39, 0.29) is 28.2 Å². The molecule has 1 N–H and O–H groups in total. The molecule has 1 saturated heterocycles. The minimum Gasteiger partial charge on any atom is -0.374 e. The number of nitrogens with one attached hydrogen (secondary N) is 1. The van der Waals surface area contributed by atoms with Crippen LogP contribution in [0, 0.1) is 10.1 Å². The lowest BCUT2D eigenvalue weighted by Gasteiger charge is -2.17. The van der Waals surface area contributed by atoms with E-state index in [4.69, 9.17) is 0 Å². The second-order valence-electron chi connectivity index (χ2n) is 6.03. The van der Waals surface area contributed by atoms with E-state index in [1.807, 2.05) is 4.90 Å². The number of rotatable bonds is 5. The van der Waals surface area contributed by atoms with Crippen molar-refractivity contribution in [2.75, 3.05) is 18.1 Å². The van der Waals surface area contributed by atoms with E-state index in [0.717, 1.165) is 25.2 Å². The molecule has 8 nitrogen and oxygen atoms in total. The van der Waals surface area contributed by atoms with Crippen LogP contribution in [0.4, 0.5) is 11.4 Å². The fourth-order valence-electron chi connectivity index (χ4n) is 2.80. The number of benzene rings is 1. The number of hydrogen-bond donors (Lipinski definition) is 1. The number of carbonyl (C=O) groups excluding carboxylic acids is 1. The molecule has 0 radical (unpaired) electrons. The maximum absolute atomic E-state index is 11.9. The van der Waals surface area contributed by atoms with Crippen LogP contribution >= 0.6 is 0 Å². The number of amides is 1. The molecule has 1 atom stereocenters. The van der Waals surface area contributed by atoms with Crippen LogP contribution in [0.15, 0.2) is 23.1 Å². The first kappa shape index (κ1) is 15.7. The van der Waals surface area contributed by atoms with Crippen LogP contribution < -0.4 is 5.32 Å². The number of likely N-dealkylation sites (tertiary alicyclic amines) is 1. The molecule has 0 aromatic heterocycles. The molecule has 1 aromatic carbocycles. The fourth-order valence-corrected chi connectivity index (χ4v) is 3.44. The monoisotopic (exact) mass is 339 g/mol. The SMILES string of the molecule is CS(=O)(=O)c1ccc(NC2CC(=O)N(C3CC3)C2)c([N+](=O)[O-])c1. The zero-order valence-corrected chi connectivity index (χ0v) is 13.4. The van der Waals surface area contributed by atoms with E-state index in [9.17, 15) is 23.3 Å². The summed E-state index contributed by atoms with van der Waals surface area (Å²) >= 11 is 0. The lowest BCUT2D eigenvalue weighted by atomic mass is 10.2. The first-order chi connectivity index (χ1) is 10.8. The first-order valence-corrected chi connectivity index (χ1v) is 9.19. The van der Waals surface area contributed by atoms with Gasteiger partial charge in [0.05, 0.1) is 15.9 Å². The van der Waals surface area contributed by atoms with Crippen molar-refractivity contribution in [2.24, 2.45) is 0 Å². The molecule has 1 saturated carbocycles. The summed E-state index contributed by atoms with van der Waals surface area (Å²) in [6, 6.07) is 3.88. The topological polar surface area (TPSA) is 110 Å². The number of nitrogens with zero attached hydrogens (tertiary/aromatic N) is 2. The minimum atomic E-state index is -3.52. The largest absolute Gasteiger partial charge is 0.374 e. The van der Waals surface area contributed by atoms with Crippen LogP contribution in [0.2, 0.25) is 0 Å². The van der Waals surface area contributed by atoms with Gasteiger partial charge in [0, 0.05) is 31.3 Å². The summed E-state index contributed by atoms with van der Waals surface area (Å²) in [7, 11) is -3.52. The quantitative estimate of drug-likeness (QED) is 0.637. The normalized spacial score (nSPS) is 21.5. The first-order valence-electron chi connectivity index (χ1n) is 7.30. The van der Waals surface area contributed by atoms with Crippen LogP contribution in [0.5, 0.6) is 0 Å². The average molecular weight is 339 g/mol. The molecule has 9 heteroatoms. The van der Waals surface area contributed by atoms with Gasteiger partial charge >= 0.3 is 0 Å². The number of anilines is 1. The molecule has 23 heavy (non-hydrogen) atoms. The third kappa shape index (κ3) is 3.29. The Labute approximate surface area is 133 Å². The maximum atomic E-state index is 11.9. The molecule has 2 aliphatic rings. The summed E-state index contributed by atoms with van der Waals surface area (Å²) in [6.07, 6.45) is 3.33. The summed E-state index contributed by atoms with van der Waals surface area (Å²) in [5.74, 6) is 0.0559. The number of hydrogen-bond acceptors (Lipinski definition) is 6. The summed E-state index contributed by atoms with van der Waals surface area (Å²) < 4.78 is 23.1. The van der Waals surface area contributed by atoms with Crippen LogP contribution in [0.1, 0.15) is 19.3 Å². The smallest absolute Gasteiger partial charge is 0.293 e. The van der Waals surface area contributed by atoms with Crippen molar-refractivity contribution in [1.82, 2.24) is 4.90 Å². The highest BCUT2D eigenvalue weighted by molar-refractivity contribution is 7.90. The van der Waals surface area contributed by atoms with Crippen LogP contribution in [-0.2, 0) is 14.6 Å². The molecule has 0 spiro atoms. The van der Waals surface area contributed by atoms with E-state index in [1.165, 1.54) is 12.1 Å². The summed E-state index contributed by atoms with van der Waals surface area (Å²) in [5, 5.41) is 14.2. The molecule has 0 bridgehead atoms. The molecule has 1 aromatic rings. The average Bonchev–Trinajstić information content (AvgIpc) is 3.22. The molecular formula is C14H17N3O5S. The van der Waals surface area contributed by atoms with Crippen LogP contribution in [-0.4, -0.2) is 49.0 Å². The van der Waals surface area contributed by atoms with Gasteiger partial charge in [-0.1, -0.05) is 0 Å². The molecule has 1 aliphatic carbocycles. The zero-order chi connectivity index (χ0) is 16.8. The van der Waals surface area contributed by atoms with Crippen molar-refractivity contribution in [3.8, 4) is 0 Å². The summed E-state index contributed by atoms with van der Waals surface area (Å²) in [4.78, 5) is 24.2. The zero-order valence-electron chi connectivity index (χ0n) is 12.6. The lowest BCUT2D eigenvalue weighted by molar-refractivity contribution is -0.384. The second kappa shape index (κ2) is 5.48. The molecule has 1 unspecified atom stereocenters. The van der Waals surface area contributed by atoms with Gasteiger partial charge in [0.2, 0.25) is 5.91 Å². The van der Waals surface area contributed by atoms with Gasteiger partial charge in [-0.05, 0) is 25.0 Å². The van der Waals surface area contributed by atoms with E-state index in [2.05, 4.69) is 5.32 Å². The standard InChI is InChI=1S/C14H17N3O5S/c1-23(21,22)11-4-5-12(13(7-11)17(19)20)15-9-6-14(18)16(8-9)10-2-3-10/h4-5,7,9-10,15H,2-3,6,8H2,1H3. The van der Waals surface area contributed by atoms with Crippen molar-refractivity contribution in [1.29, 1.82) is 0 Å². The Bertz CT molecular complexity index is 773. The van der Waals surface area contributed by atoms with Crippen LogP contribution in [0.25, 0.3) is 0 Å². The maximum Gasteiger partial charge on any atom is 0.293 e. The highest BCUT2D eigenvalue weighted by Gasteiger charge is 2.39. The van der Waals surface area contributed by atoms with Gasteiger partial charge in [-0.2, -0.15) is 0 Å². The molecule has 1 amide bonds. The molecular weight excluding hydrogens is 322 g/mol. The van der Waals surface area contributed by atoms with Crippen molar-refractivity contribution in [3.63, 3.8) is 0 Å². The van der Waals surface area contributed by atoms with Crippen molar-refractivity contribution >= 4 is 27.1 Å². The van der Waals surface area contributed by atoms with Crippen molar-refractivity contribution in [2.45, 2.75) is 36.2 Å². The fraction of sp³-hybridized carbons (Fsp3) is 0.500. The number of carbonyl (C=O) groups is 1. The van der Waals surface area contributed by atoms with Crippen molar-refractivity contribution < 1.29 is 18.1 Å².